The molecule has 1 heterocycles. The number of hydrogen-bond donors (Lipinski definition) is 1. The van der Waals surface area contributed by atoms with Crippen LogP contribution in [0.4, 0.5) is 0 Å². The third-order valence-corrected chi connectivity index (χ3v) is 1.94. The molecule has 1 aliphatic rings. The van der Waals surface area contributed by atoms with Crippen molar-refractivity contribution in [3.8, 4) is 0 Å². The zero-order valence-electron chi connectivity index (χ0n) is 6.55. The molecule has 60 valence electrons. The van der Waals surface area contributed by atoms with E-state index in [0.717, 1.165) is 32.7 Å². The average molecular weight is 144 g/mol. The summed E-state index contributed by atoms with van der Waals surface area (Å²) in [4.78, 5) is 2.28. The molecule has 0 radical (unpaired) electrons. The summed E-state index contributed by atoms with van der Waals surface area (Å²) in [7, 11) is 1.73. The molecule has 0 unspecified atom stereocenters. The molecule has 1 fully saturated rings. The molecule has 3 nitrogen and oxygen atoms in total. The molecular weight excluding hydrogens is 128 g/mol. The average Bonchev–Trinajstić information content (AvgIpc) is 1.95. The first-order valence-electron chi connectivity index (χ1n) is 3.80. The van der Waals surface area contributed by atoms with Gasteiger partial charge in [-0.3, -0.25) is 4.90 Å². The topological polar surface area (TPSA) is 38.5 Å². The van der Waals surface area contributed by atoms with Gasteiger partial charge >= 0.3 is 0 Å². The van der Waals surface area contributed by atoms with Gasteiger partial charge in [0.1, 0.15) is 0 Å². The van der Waals surface area contributed by atoms with E-state index in [4.69, 9.17) is 10.5 Å². The first-order chi connectivity index (χ1) is 4.83. The van der Waals surface area contributed by atoms with Crippen LogP contribution in [0.5, 0.6) is 0 Å². The lowest BCUT2D eigenvalue weighted by Gasteiger charge is -2.28. The van der Waals surface area contributed by atoms with Crippen molar-refractivity contribution in [3.63, 3.8) is 0 Å². The molecular formula is C7H16N2O. The van der Waals surface area contributed by atoms with Crippen LogP contribution >= 0.6 is 0 Å². The van der Waals surface area contributed by atoms with E-state index in [1.54, 1.807) is 7.11 Å². The van der Waals surface area contributed by atoms with E-state index >= 15 is 0 Å². The van der Waals surface area contributed by atoms with E-state index in [1.165, 1.54) is 0 Å². The lowest BCUT2D eigenvalue weighted by Crippen LogP contribution is -2.40. The van der Waals surface area contributed by atoms with Crippen molar-refractivity contribution < 1.29 is 4.74 Å². The van der Waals surface area contributed by atoms with Crippen LogP contribution in [0.2, 0.25) is 0 Å². The van der Waals surface area contributed by atoms with Crippen LogP contribution in [-0.2, 0) is 4.74 Å². The number of nitrogens with two attached hydrogens (primary N) is 1. The van der Waals surface area contributed by atoms with Crippen LogP contribution in [0, 0.1) is 0 Å². The fraction of sp³-hybridized carbons (Fsp3) is 1.00. The van der Waals surface area contributed by atoms with E-state index < -0.39 is 0 Å². The highest BCUT2D eigenvalue weighted by Crippen LogP contribution is 2.06. The van der Waals surface area contributed by atoms with Crippen molar-refractivity contribution in [2.24, 2.45) is 5.73 Å². The van der Waals surface area contributed by atoms with Crippen molar-refractivity contribution in [3.05, 3.63) is 0 Å². The van der Waals surface area contributed by atoms with Gasteiger partial charge in [-0.05, 0) is 12.8 Å². The monoisotopic (exact) mass is 144 g/mol. The van der Waals surface area contributed by atoms with Crippen LogP contribution in [-0.4, -0.2) is 37.9 Å². The summed E-state index contributed by atoms with van der Waals surface area (Å²) in [6, 6.07) is 0.424. The largest absolute Gasteiger partial charge is 0.369 e. The van der Waals surface area contributed by atoms with Crippen LogP contribution in [0.3, 0.4) is 0 Å². The minimum absolute atomic E-state index is 0.424. The van der Waals surface area contributed by atoms with Crippen LogP contribution in [0.25, 0.3) is 0 Å². The molecule has 0 aromatic carbocycles. The van der Waals surface area contributed by atoms with Crippen LogP contribution < -0.4 is 5.73 Å². The predicted octanol–water partition coefficient (Wildman–Crippen LogP) is 0.0134. The minimum atomic E-state index is 0.424. The lowest BCUT2D eigenvalue weighted by molar-refractivity contribution is 0.0472. The molecule has 0 aromatic rings. The quantitative estimate of drug-likeness (QED) is 0.593. The highest BCUT2D eigenvalue weighted by atomic mass is 16.5. The standard InChI is InChI=1S/C7H16N2O/c1-10-6-9-4-2-7(8)3-5-9/h7H,2-6,8H2,1H3. The molecule has 1 aliphatic heterocycles. The predicted molar refractivity (Wildman–Crippen MR) is 40.7 cm³/mol. The molecule has 0 aromatic heterocycles. The summed E-state index contributed by atoms with van der Waals surface area (Å²) in [6.45, 7) is 2.94. The summed E-state index contributed by atoms with van der Waals surface area (Å²) >= 11 is 0. The van der Waals surface area contributed by atoms with Gasteiger partial charge in [0.15, 0.2) is 0 Å². The number of likely N-dealkylation sites (tertiary alicyclic amines) is 1. The number of piperidine rings is 1. The Hall–Kier alpha value is -0.120. The highest BCUT2D eigenvalue weighted by molar-refractivity contribution is 4.71. The number of hydrogen-bond acceptors (Lipinski definition) is 3. The Bertz CT molecular complexity index is 89.6. The van der Waals surface area contributed by atoms with Gasteiger partial charge in [0.2, 0.25) is 0 Å². The van der Waals surface area contributed by atoms with Crippen molar-refractivity contribution in [2.45, 2.75) is 18.9 Å². The molecule has 0 saturated carbocycles. The molecule has 2 N–H and O–H groups in total. The Kier molecular flexibility index (Phi) is 3.12. The number of nitrogens with zero attached hydrogens (tertiary/aromatic N) is 1. The first kappa shape index (κ1) is 7.98. The maximum absolute atomic E-state index is 5.73. The Labute approximate surface area is 62.1 Å². The normalized spacial score (nSPS) is 23.4. The van der Waals surface area contributed by atoms with Gasteiger partial charge in [0, 0.05) is 26.2 Å². The fourth-order valence-electron chi connectivity index (χ4n) is 1.26. The number of rotatable bonds is 2. The summed E-state index contributed by atoms with van der Waals surface area (Å²) in [5.41, 5.74) is 5.73. The second kappa shape index (κ2) is 3.91. The molecule has 0 atom stereocenters. The molecule has 3 heteroatoms. The SMILES string of the molecule is COCN1CCC(N)CC1. The van der Waals surface area contributed by atoms with Gasteiger partial charge in [-0.25, -0.2) is 0 Å². The Morgan fingerprint density at radius 1 is 1.50 bits per heavy atom. The minimum Gasteiger partial charge on any atom is -0.369 e. The zero-order chi connectivity index (χ0) is 7.40. The Morgan fingerprint density at radius 2 is 2.10 bits per heavy atom. The zero-order valence-corrected chi connectivity index (χ0v) is 6.55. The van der Waals surface area contributed by atoms with Gasteiger partial charge in [-0.15, -0.1) is 0 Å². The van der Waals surface area contributed by atoms with E-state index in [9.17, 15) is 0 Å². The Morgan fingerprint density at radius 3 is 2.60 bits per heavy atom. The summed E-state index contributed by atoms with van der Waals surface area (Å²) in [5.74, 6) is 0. The third-order valence-electron chi connectivity index (χ3n) is 1.94. The van der Waals surface area contributed by atoms with Gasteiger partial charge < -0.3 is 10.5 Å². The molecule has 0 bridgehead atoms. The van der Waals surface area contributed by atoms with Crippen molar-refractivity contribution >= 4 is 0 Å². The number of methoxy groups -OCH3 is 1. The van der Waals surface area contributed by atoms with Crippen LogP contribution in [0.1, 0.15) is 12.8 Å². The molecule has 1 saturated heterocycles. The summed E-state index contributed by atoms with van der Waals surface area (Å²) in [6.07, 6.45) is 2.23. The summed E-state index contributed by atoms with van der Waals surface area (Å²) < 4.78 is 5.00. The molecule has 0 spiro atoms. The second-order valence-corrected chi connectivity index (χ2v) is 2.87. The maximum atomic E-state index is 5.73. The van der Waals surface area contributed by atoms with Gasteiger partial charge in [-0.2, -0.15) is 0 Å². The summed E-state index contributed by atoms with van der Waals surface area (Å²) in [5, 5.41) is 0. The third kappa shape index (κ3) is 2.25. The first-order valence-corrected chi connectivity index (χ1v) is 3.80. The molecule has 10 heavy (non-hydrogen) atoms. The van der Waals surface area contributed by atoms with E-state index in [-0.39, 0.29) is 0 Å². The van der Waals surface area contributed by atoms with E-state index in [0.29, 0.717) is 6.04 Å². The molecule has 0 aliphatic carbocycles. The van der Waals surface area contributed by atoms with Crippen molar-refractivity contribution in [2.75, 3.05) is 26.9 Å². The second-order valence-electron chi connectivity index (χ2n) is 2.87. The highest BCUT2D eigenvalue weighted by Gasteiger charge is 2.14. The molecule has 0 amide bonds. The molecule has 1 rings (SSSR count). The van der Waals surface area contributed by atoms with Gasteiger partial charge in [-0.1, -0.05) is 0 Å². The van der Waals surface area contributed by atoms with E-state index in [1.807, 2.05) is 0 Å². The van der Waals surface area contributed by atoms with Gasteiger partial charge in [0.25, 0.3) is 0 Å². The van der Waals surface area contributed by atoms with E-state index in [2.05, 4.69) is 4.90 Å². The Balaban J connectivity index is 2.13. The number of ether oxygens (including phenoxy) is 1. The van der Waals surface area contributed by atoms with Crippen molar-refractivity contribution in [1.82, 2.24) is 4.90 Å². The van der Waals surface area contributed by atoms with Crippen LogP contribution in [0.15, 0.2) is 0 Å². The van der Waals surface area contributed by atoms with Crippen molar-refractivity contribution in [1.29, 1.82) is 0 Å². The lowest BCUT2D eigenvalue weighted by atomic mass is 10.1. The van der Waals surface area contributed by atoms with Gasteiger partial charge in [0.05, 0.1) is 6.73 Å². The maximum Gasteiger partial charge on any atom is 0.0986 e. The smallest absolute Gasteiger partial charge is 0.0986 e. The fourth-order valence-corrected chi connectivity index (χ4v) is 1.26.